The molecule has 5 aliphatic rings. The summed E-state index contributed by atoms with van der Waals surface area (Å²) in [6.45, 7) is 9.95. The minimum atomic E-state index is -2.78. The number of likely N-dealkylation sites (tertiary alicyclic amines) is 2. The number of halogens is 3. The van der Waals surface area contributed by atoms with Gasteiger partial charge in [-0.05, 0) is 61.6 Å². The first-order chi connectivity index (χ1) is 35.6. The lowest BCUT2D eigenvalue weighted by Gasteiger charge is -2.43. The number of alkyl halides is 3. The Hall–Kier alpha value is -6.61. The van der Waals surface area contributed by atoms with Gasteiger partial charge in [0.25, 0.3) is 17.7 Å². The highest BCUT2D eigenvalue weighted by molar-refractivity contribution is 7.13. The van der Waals surface area contributed by atoms with Crippen LogP contribution in [-0.4, -0.2) is 125 Å². The fourth-order valence-electron chi connectivity index (χ4n) is 11.0. The molecule has 2 saturated heterocycles. The number of fused-ring (bicyclic) bond motifs is 2. The first-order valence-electron chi connectivity index (χ1n) is 25.7. The van der Waals surface area contributed by atoms with Crippen LogP contribution in [0, 0.1) is 29.6 Å². The van der Waals surface area contributed by atoms with E-state index in [2.05, 4.69) is 36.2 Å². The molecular weight excluding hydrogens is 990 g/mol. The summed E-state index contributed by atoms with van der Waals surface area (Å²) in [6.07, 6.45) is 4.12. The summed E-state index contributed by atoms with van der Waals surface area (Å²) in [7, 11) is 0. The molecule has 2 unspecified atom stereocenters. The Bertz CT molecular complexity index is 3000. The molecule has 2 aliphatic heterocycles. The Kier molecular flexibility index (Phi) is 13.7. The van der Waals surface area contributed by atoms with Crippen molar-refractivity contribution in [1.29, 1.82) is 0 Å². The fraction of sp³-hybridized carbons (Fsp3) is 0.519. The fourth-order valence-corrected chi connectivity index (χ4v) is 11.8. The number of rotatable bonds is 18. The van der Waals surface area contributed by atoms with E-state index in [-0.39, 0.29) is 75.4 Å². The number of thiazole rings is 1. The zero-order valence-corrected chi connectivity index (χ0v) is 43.4. The quantitative estimate of drug-likeness (QED) is 0.0595. The normalized spacial score (nSPS) is 23.0. The zero-order valence-electron chi connectivity index (χ0n) is 42.6. The molecule has 17 nitrogen and oxygen atoms in total. The van der Waals surface area contributed by atoms with Gasteiger partial charge in [-0.1, -0.05) is 70.2 Å². The molecule has 3 aromatic heterocycles. The summed E-state index contributed by atoms with van der Waals surface area (Å²) in [5.74, 6) is -5.44. The lowest BCUT2D eigenvalue weighted by Crippen LogP contribution is -2.59. The number of aliphatic hydroxyl groups excluding tert-OH is 1. The van der Waals surface area contributed by atoms with Gasteiger partial charge in [0.2, 0.25) is 17.7 Å². The highest BCUT2D eigenvalue weighted by atomic mass is 32.1. The minimum absolute atomic E-state index is 0.00860. The van der Waals surface area contributed by atoms with Crippen LogP contribution < -0.4 is 20.7 Å². The van der Waals surface area contributed by atoms with E-state index in [1.807, 2.05) is 60.4 Å². The lowest BCUT2D eigenvalue weighted by atomic mass is 9.85. The van der Waals surface area contributed by atoms with Crippen molar-refractivity contribution in [2.24, 2.45) is 22.7 Å². The molecule has 0 spiro atoms. The highest BCUT2D eigenvalue weighted by Crippen LogP contribution is 2.70. The Morgan fingerprint density at radius 2 is 1.79 bits per heavy atom. The van der Waals surface area contributed by atoms with Gasteiger partial charge in [0.05, 0.1) is 46.7 Å². The summed E-state index contributed by atoms with van der Waals surface area (Å²) >= 11 is 1.49. The second-order valence-electron chi connectivity index (χ2n) is 22.3. The number of carbonyl (C=O) groups excluding carboxylic acids is 5. The Morgan fingerprint density at radius 3 is 2.49 bits per heavy atom. The van der Waals surface area contributed by atoms with Gasteiger partial charge < -0.3 is 35.6 Å². The molecule has 0 bridgehead atoms. The van der Waals surface area contributed by atoms with Gasteiger partial charge in [-0.15, -0.1) is 11.3 Å². The van der Waals surface area contributed by atoms with Crippen molar-refractivity contribution in [2.75, 3.05) is 31.6 Å². The highest BCUT2D eigenvalue weighted by Gasteiger charge is 2.78. The second-order valence-corrected chi connectivity index (χ2v) is 23.2. The van der Waals surface area contributed by atoms with Crippen molar-refractivity contribution in [3.05, 3.63) is 100 Å². The molecular formula is C54H63F3N10O7S. The largest absolute Gasteiger partial charge is 0.493 e. The van der Waals surface area contributed by atoms with Crippen LogP contribution >= 0.6 is 11.3 Å². The van der Waals surface area contributed by atoms with Crippen molar-refractivity contribution in [2.45, 2.75) is 128 Å². The number of hydrogen-bond acceptors (Lipinski definition) is 11. The van der Waals surface area contributed by atoms with Crippen LogP contribution in [0.5, 0.6) is 5.75 Å². The van der Waals surface area contributed by atoms with E-state index in [1.54, 1.807) is 50.3 Å². The predicted molar refractivity (Wildman–Crippen MR) is 271 cm³/mol. The molecule has 2 aromatic carbocycles. The molecule has 10 rings (SSSR count). The second kappa shape index (κ2) is 19.8. The summed E-state index contributed by atoms with van der Waals surface area (Å²) in [4.78, 5) is 76.0. The molecule has 398 valence electrons. The summed E-state index contributed by atoms with van der Waals surface area (Å²) in [5, 5.41) is 30.7. The van der Waals surface area contributed by atoms with Gasteiger partial charge in [-0.3, -0.25) is 33.8 Å². The molecule has 5 amide bonds. The van der Waals surface area contributed by atoms with Crippen LogP contribution in [0.4, 0.5) is 18.9 Å². The van der Waals surface area contributed by atoms with Crippen molar-refractivity contribution in [1.82, 2.24) is 45.4 Å². The third-order valence-electron chi connectivity index (χ3n) is 15.9. The summed E-state index contributed by atoms with van der Waals surface area (Å²) < 4.78 is 52.0. The van der Waals surface area contributed by atoms with E-state index in [0.29, 0.717) is 60.6 Å². The molecule has 0 radical (unpaired) electrons. The number of nitrogens with one attached hydrogen (secondary N) is 4. The summed E-state index contributed by atoms with van der Waals surface area (Å²) in [6, 6.07) is 13.1. The van der Waals surface area contributed by atoms with Gasteiger partial charge in [0.15, 0.2) is 11.4 Å². The lowest BCUT2D eigenvalue weighted by molar-refractivity contribution is -0.145. The van der Waals surface area contributed by atoms with E-state index in [4.69, 9.17) is 4.74 Å². The maximum atomic E-state index is 14.7. The van der Waals surface area contributed by atoms with Gasteiger partial charge in [0.1, 0.15) is 17.8 Å². The number of aromatic amines is 1. The number of aliphatic hydroxyl groups is 1. The van der Waals surface area contributed by atoms with Crippen molar-refractivity contribution < 1.29 is 47.0 Å². The molecule has 5 heterocycles. The molecule has 2 saturated carbocycles. The van der Waals surface area contributed by atoms with E-state index < -0.39 is 70.2 Å². The summed E-state index contributed by atoms with van der Waals surface area (Å²) in [5.41, 5.74) is 2.89. The minimum Gasteiger partial charge on any atom is -0.493 e. The molecule has 5 N–H and O–H groups in total. The molecule has 21 heteroatoms. The maximum Gasteiger partial charge on any atom is 0.276 e. The van der Waals surface area contributed by atoms with E-state index in [0.717, 1.165) is 21.7 Å². The van der Waals surface area contributed by atoms with Gasteiger partial charge in [0, 0.05) is 85.7 Å². The number of unbranched alkanes of at least 4 members (excludes halogenated alkanes) is 1. The van der Waals surface area contributed by atoms with Crippen LogP contribution in [0.15, 0.2) is 66.4 Å². The Balaban J connectivity index is 0.732. The number of hydrogen-bond donors (Lipinski definition) is 5. The van der Waals surface area contributed by atoms with Gasteiger partial charge in [-0.25, -0.2) is 18.2 Å². The van der Waals surface area contributed by atoms with Gasteiger partial charge in [-0.2, -0.15) is 10.2 Å². The van der Waals surface area contributed by atoms with Crippen LogP contribution in [0.2, 0.25) is 0 Å². The first kappa shape index (κ1) is 51.9. The van der Waals surface area contributed by atoms with Crippen molar-refractivity contribution >= 4 is 46.6 Å². The van der Waals surface area contributed by atoms with E-state index in [9.17, 15) is 42.3 Å². The third kappa shape index (κ3) is 10.2. The number of ether oxygens (including phenoxy) is 1. The molecule has 5 aromatic rings. The number of aryl methyl sites for hydroxylation is 1. The Labute approximate surface area is 436 Å². The van der Waals surface area contributed by atoms with Crippen LogP contribution in [0.1, 0.15) is 111 Å². The molecule has 4 fully saturated rings. The number of carbonyl (C=O) groups is 5. The van der Waals surface area contributed by atoms with E-state index >= 15 is 0 Å². The third-order valence-corrected chi connectivity index (χ3v) is 16.9. The average Bonchev–Trinajstić information content (AvgIpc) is 3.87. The zero-order chi connectivity index (χ0) is 53.2. The number of amides is 5. The number of H-pyrrole nitrogens is 1. The predicted octanol–water partition coefficient (Wildman–Crippen LogP) is 6.57. The maximum absolute atomic E-state index is 14.7. The number of benzene rings is 2. The number of β-amino-alcohol motifs (C(OH)–C–C–N with tert-alkyl or cyclic N) is 1. The first-order valence-corrected chi connectivity index (χ1v) is 26.6. The standard InChI is InChI=1S/C54H63F3N10O7S/c1-30-45(75-29-59-30)32-14-15-33(23-58-47(70)39-20-36(68)28-66(39)49(72)46(51(2,3)4)62-50(73)53(55)16-17-53)40(19-32)74-18-10-9-13-42(69)65-25-34(26-65)44(31-11-7-6-8-12-31)67-27-35(24-60-67)61-48(71)43-37-21-41-52(5,54(41,56)57)22-38(37)63-64-43/h6-8,11-12,14-15,19,24,27,29,34,36,39,41,44,46,68H,9-10,13,16-18,20-23,25-26,28H2,1-5H3,(H,58,70)(H,61,71)(H,62,73)(H,63,64)/t36-,39+,41+,44?,46?,52-/m1/s1. The average molecular weight is 1050 g/mol. The topological polar surface area (TPSA) is 217 Å². The van der Waals surface area contributed by atoms with Crippen LogP contribution in [0.3, 0.4) is 0 Å². The number of nitrogens with zero attached hydrogens (tertiary/aromatic N) is 6. The SMILES string of the molecule is Cc1ncsc1-c1ccc(CNC(=O)[C@@H]2C[C@@H](O)CN2C(=O)C(NC(=O)C2(F)CC2)C(C)(C)C)c(OCCCCC(=O)N2CC(C(c3ccccc3)n3cc(NC(=O)c4n[nH]c5c4C[C@@H]4C(F)(F)[C@]4(C)C5)cn3)C2)c1. The van der Waals surface area contributed by atoms with E-state index in [1.165, 1.54) is 16.2 Å². The molecule has 6 atom stereocenters. The van der Waals surface area contributed by atoms with Crippen molar-refractivity contribution in [3.8, 4) is 16.2 Å². The monoisotopic (exact) mass is 1050 g/mol. The van der Waals surface area contributed by atoms with Crippen LogP contribution in [0.25, 0.3) is 10.4 Å². The van der Waals surface area contributed by atoms with Gasteiger partial charge >= 0.3 is 0 Å². The smallest absolute Gasteiger partial charge is 0.276 e. The number of anilines is 1. The molecule has 3 aliphatic carbocycles. The van der Waals surface area contributed by atoms with Crippen LogP contribution in [-0.2, 0) is 38.6 Å². The Morgan fingerprint density at radius 1 is 1.03 bits per heavy atom. The molecule has 75 heavy (non-hydrogen) atoms. The van der Waals surface area contributed by atoms with Crippen molar-refractivity contribution in [3.63, 3.8) is 0 Å². The number of aromatic nitrogens is 5.